The summed E-state index contributed by atoms with van der Waals surface area (Å²) in [6.45, 7) is 1.92. The van der Waals surface area contributed by atoms with Crippen LogP contribution < -0.4 is 10.1 Å². The second kappa shape index (κ2) is 7.53. The third-order valence-corrected chi connectivity index (χ3v) is 3.73. The van der Waals surface area contributed by atoms with Gasteiger partial charge in [-0.15, -0.1) is 0 Å². The van der Waals surface area contributed by atoms with Crippen molar-refractivity contribution in [2.24, 2.45) is 0 Å². The fraction of sp³-hybridized carbons (Fsp3) is 0.250. The molecule has 2 N–H and O–H groups in total. The zero-order valence-corrected chi connectivity index (χ0v) is 12.9. The lowest BCUT2D eigenvalue weighted by atomic mass is 10.1. The second-order valence-corrected chi connectivity index (χ2v) is 5.46. The Hall–Kier alpha value is -1.22. The largest absolute Gasteiger partial charge is 0.497 e. The highest BCUT2D eigenvalue weighted by molar-refractivity contribution is 6.35. The topological polar surface area (TPSA) is 25.8 Å². The van der Waals surface area contributed by atoms with E-state index in [-0.39, 0.29) is 0 Å². The molecule has 4 heteroatoms. The number of nitrogens with two attached hydrogens (primary N) is 1. The number of benzene rings is 2. The molecule has 0 aromatic heterocycles. The quantitative estimate of drug-likeness (QED) is 0.814. The van der Waals surface area contributed by atoms with E-state index in [0.717, 1.165) is 35.8 Å². The molecule has 0 spiro atoms. The highest BCUT2D eigenvalue weighted by atomic mass is 35.5. The van der Waals surface area contributed by atoms with Crippen molar-refractivity contribution >= 4 is 23.2 Å². The standard InChI is InChI=1S/C16H17Cl2NO/c1-20-15-4-2-3-12(9-15)11-19-8-7-13-5-6-14(17)10-16(13)18/h2-6,9-10,19H,7-8,11H2,1H3/p+1. The van der Waals surface area contributed by atoms with Crippen LogP contribution in [0.3, 0.4) is 0 Å². The van der Waals surface area contributed by atoms with Gasteiger partial charge in [-0.3, -0.25) is 0 Å². The van der Waals surface area contributed by atoms with Crippen LogP contribution in [-0.2, 0) is 13.0 Å². The summed E-state index contributed by atoms with van der Waals surface area (Å²) in [5, 5.41) is 3.69. The fourth-order valence-electron chi connectivity index (χ4n) is 2.05. The Morgan fingerprint density at radius 3 is 2.70 bits per heavy atom. The monoisotopic (exact) mass is 310 g/mol. The molecule has 0 unspecified atom stereocenters. The molecule has 0 amide bonds. The third kappa shape index (κ3) is 4.41. The molecule has 2 aromatic rings. The molecule has 0 aliphatic heterocycles. The summed E-state index contributed by atoms with van der Waals surface area (Å²) in [4.78, 5) is 0. The highest BCUT2D eigenvalue weighted by Gasteiger charge is 2.03. The SMILES string of the molecule is COc1cccc(C[NH2+]CCc2ccc(Cl)cc2Cl)c1. The van der Waals surface area contributed by atoms with Crippen LogP contribution in [0.5, 0.6) is 5.75 Å². The van der Waals surface area contributed by atoms with Gasteiger partial charge in [0.1, 0.15) is 12.3 Å². The first-order valence-corrected chi connectivity index (χ1v) is 7.33. The predicted molar refractivity (Wildman–Crippen MR) is 83.7 cm³/mol. The molecule has 106 valence electrons. The van der Waals surface area contributed by atoms with E-state index >= 15 is 0 Å². The van der Waals surface area contributed by atoms with Gasteiger partial charge in [-0.05, 0) is 29.8 Å². The van der Waals surface area contributed by atoms with E-state index in [1.54, 1.807) is 13.2 Å². The van der Waals surface area contributed by atoms with Crippen LogP contribution in [0.4, 0.5) is 0 Å². The number of rotatable bonds is 6. The van der Waals surface area contributed by atoms with Crippen molar-refractivity contribution in [3.05, 3.63) is 63.6 Å². The maximum atomic E-state index is 6.15. The van der Waals surface area contributed by atoms with E-state index in [4.69, 9.17) is 27.9 Å². The smallest absolute Gasteiger partial charge is 0.119 e. The molecule has 0 bridgehead atoms. The summed E-state index contributed by atoms with van der Waals surface area (Å²) in [5.41, 5.74) is 2.39. The number of hydrogen-bond acceptors (Lipinski definition) is 1. The van der Waals surface area contributed by atoms with E-state index in [2.05, 4.69) is 17.4 Å². The first-order valence-electron chi connectivity index (χ1n) is 6.57. The number of methoxy groups -OCH3 is 1. The van der Waals surface area contributed by atoms with E-state index in [9.17, 15) is 0 Å². The van der Waals surface area contributed by atoms with Gasteiger partial charge >= 0.3 is 0 Å². The lowest BCUT2D eigenvalue weighted by Gasteiger charge is -2.06. The van der Waals surface area contributed by atoms with E-state index in [1.807, 2.05) is 24.3 Å². The molecule has 0 fully saturated rings. The molecule has 0 atom stereocenters. The summed E-state index contributed by atoms with van der Waals surface area (Å²) in [5.74, 6) is 0.900. The fourth-order valence-corrected chi connectivity index (χ4v) is 2.55. The van der Waals surface area contributed by atoms with Crippen LogP contribution in [0, 0.1) is 0 Å². The van der Waals surface area contributed by atoms with Gasteiger partial charge < -0.3 is 10.1 Å². The molecule has 2 aromatic carbocycles. The molecule has 0 heterocycles. The average Bonchev–Trinajstić information content (AvgIpc) is 2.45. The maximum Gasteiger partial charge on any atom is 0.119 e. The molecule has 0 radical (unpaired) electrons. The van der Waals surface area contributed by atoms with Crippen molar-refractivity contribution in [1.29, 1.82) is 0 Å². The van der Waals surface area contributed by atoms with Crippen LogP contribution in [-0.4, -0.2) is 13.7 Å². The van der Waals surface area contributed by atoms with Gasteiger partial charge in [0.2, 0.25) is 0 Å². The lowest BCUT2D eigenvalue weighted by molar-refractivity contribution is -0.670. The number of hydrogen-bond donors (Lipinski definition) is 1. The van der Waals surface area contributed by atoms with Gasteiger partial charge in [0.05, 0.1) is 13.7 Å². The normalized spacial score (nSPS) is 10.6. The third-order valence-electron chi connectivity index (χ3n) is 3.15. The van der Waals surface area contributed by atoms with Crippen molar-refractivity contribution in [2.75, 3.05) is 13.7 Å². The van der Waals surface area contributed by atoms with Crippen molar-refractivity contribution in [3.8, 4) is 5.75 Å². The van der Waals surface area contributed by atoms with E-state index < -0.39 is 0 Å². The first-order chi connectivity index (χ1) is 9.69. The van der Waals surface area contributed by atoms with E-state index in [1.165, 1.54) is 5.56 Å². The molecule has 0 aliphatic carbocycles. The van der Waals surface area contributed by atoms with Crippen molar-refractivity contribution in [1.82, 2.24) is 0 Å². The summed E-state index contributed by atoms with van der Waals surface area (Å²) in [6.07, 6.45) is 0.931. The van der Waals surface area contributed by atoms with Gasteiger partial charge in [-0.1, -0.05) is 41.4 Å². The molecule has 0 saturated heterocycles. The Labute approximate surface area is 129 Å². The Morgan fingerprint density at radius 2 is 1.95 bits per heavy atom. The minimum atomic E-state index is 0.680. The van der Waals surface area contributed by atoms with Crippen LogP contribution in [0.15, 0.2) is 42.5 Å². The molecule has 0 aliphatic rings. The average molecular weight is 311 g/mol. The number of quaternary nitrogens is 1. The number of ether oxygens (including phenoxy) is 1. The maximum absolute atomic E-state index is 6.15. The van der Waals surface area contributed by atoms with Crippen molar-refractivity contribution in [3.63, 3.8) is 0 Å². The first kappa shape index (κ1) is 15.2. The Morgan fingerprint density at radius 1 is 1.10 bits per heavy atom. The molecule has 2 rings (SSSR count). The zero-order valence-electron chi connectivity index (χ0n) is 11.4. The van der Waals surface area contributed by atoms with E-state index in [0.29, 0.717) is 5.02 Å². The van der Waals surface area contributed by atoms with Crippen LogP contribution in [0.25, 0.3) is 0 Å². The summed E-state index contributed by atoms with van der Waals surface area (Å²) in [7, 11) is 1.69. The van der Waals surface area contributed by atoms with Gasteiger partial charge in [0.25, 0.3) is 0 Å². The molecule has 2 nitrogen and oxygen atoms in total. The Kier molecular flexibility index (Phi) is 5.72. The van der Waals surface area contributed by atoms with Crippen LogP contribution in [0.1, 0.15) is 11.1 Å². The minimum Gasteiger partial charge on any atom is -0.497 e. The van der Waals surface area contributed by atoms with Crippen molar-refractivity contribution < 1.29 is 10.1 Å². The molecule has 0 saturated carbocycles. The zero-order chi connectivity index (χ0) is 14.4. The van der Waals surface area contributed by atoms with Crippen LogP contribution in [0.2, 0.25) is 10.0 Å². The van der Waals surface area contributed by atoms with Gasteiger partial charge in [-0.25, -0.2) is 0 Å². The predicted octanol–water partition coefficient (Wildman–Crippen LogP) is 3.31. The van der Waals surface area contributed by atoms with Gasteiger partial charge in [0.15, 0.2) is 0 Å². The second-order valence-electron chi connectivity index (χ2n) is 4.62. The van der Waals surface area contributed by atoms with Gasteiger partial charge in [0, 0.05) is 22.0 Å². The highest BCUT2D eigenvalue weighted by Crippen LogP contribution is 2.20. The van der Waals surface area contributed by atoms with Crippen molar-refractivity contribution in [2.45, 2.75) is 13.0 Å². The lowest BCUT2D eigenvalue weighted by Crippen LogP contribution is -2.83. The number of halogens is 2. The Bertz CT molecular complexity index is 572. The molecular formula is C16H18Cl2NO+. The summed E-state index contributed by atoms with van der Waals surface area (Å²) < 4.78 is 5.21. The summed E-state index contributed by atoms with van der Waals surface area (Å²) in [6, 6.07) is 13.8. The van der Waals surface area contributed by atoms with Gasteiger partial charge in [-0.2, -0.15) is 0 Å². The molecule has 20 heavy (non-hydrogen) atoms. The van der Waals surface area contributed by atoms with Crippen LogP contribution >= 0.6 is 23.2 Å². The minimum absolute atomic E-state index is 0.680. The summed E-state index contributed by atoms with van der Waals surface area (Å²) >= 11 is 12.0. The molecular weight excluding hydrogens is 293 g/mol. The Balaban J connectivity index is 1.81.